The Hall–Kier alpha value is -1.25. The van der Waals surface area contributed by atoms with Crippen molar-refractivity contribution in [3.63, 3.8) is 0 Å². The Morgan fingerprint density at radius 2 is 2.17 bits per heavy atom. The van der Waals surface area contributed by atoms with Crippen LogP contribution in [-0.4, -0.2) is 0 Å². The first kappa shape index (κ1) is 10.8. The van der Waals surface area contributed by atoms with Gasteiger partial charge in [0.15, 0.2) is 5.83 Å². The Bertz CT molecular complexity index is 229. The summed E-state index contributed by atoms with van der Waals surface area (Å²) in [5, 5.41) is 2.52. The van der Waals surface area contributed by atoms with Crippen LogP contribution >= 0.6 is 0 Å². The van der Waals surface area contributed by atoms with Crippen LogP contribution in [0.3, 0.4) is 0 Å². The molecule has 1 rings (SSSR count). The highest BCUT2D eigenvalue weighted by molar-refractivity contribution is 5.30. The van der Waals surface area contributed by atoms with Crippen LogP contribution in [0.2, 0.25) is 0 Å². The monoisotopic (exact) mass is 169 g/mol. The summed E-state index contributed by atoms with van der Waals surface area (Å²) in [4.78, 5) is 9.90. The van der Waals surface area contributed by atoms with Gasteiger partial charge in [0.2, 0.25) is 0 Å². The fraction of sp³-hybridized carbons (Fsp3) is 0.333. The van der Waals surface area contributed by atoms with E-state index in [0.29, 0.717) is 6.42 Å². The van der Waals surface area contributed by atoms with Gasteiger partial charge in [-0.1, -0.05) is 26.0 Å². The molecule has 0 spiro atoms. The number of nitrogens with zero attached hydrogens (tertiary/aromatic N) is 1. The molecular weight excluding hydrogens is 157 g/mol. The zero-order valence-electron chi connectivity index (χ0n) is 7.25. The zero-order chi connectivity index (χ0) is 9.40. The molecule has 0 aromatic heterocycles. The van der Waals surface area contributed by atoms with E-state index in [9.17, 15) is 9.30 Å². The maximum Gasteiger partial charge on any atom is 0.152 e. The largest absolute Gasteiger partial charge is 0.204 e. The lowest BCUT2D eigenvalue weighted by atomic mass is 10.3. The molecule has 0 aromatic carbocycles. The van der Waals surface area contributed by atoms with Gasteiger partial charge in [-0.2, -0.15) is 0 Å². The molecule has 1 aliphatic carbocycles. The highest BCUT2D eigenvalue weighted by atomic mass is 19.1. The van der Waals surface area contributed by atoms with E-state index >= 15 is 0 Å². The number of rotatable bonds is 1. The molecule has 2 nitrogen and oxygen atoms in total. The molecule has 1 aliphatic rings. The van der Waals surface area contributed by atoms with Gasteiger partial charge in [-0.3, -0.25) is 0 Å². The topological polar surface area (TPSA) is 29.4 Å². The van der Waals surface area contributed by atoms with E-state index in [4.69, 9.17) is 0 Å². The van der Waals surface area contributed by atoms with Crippen molar-refractivity contribution < 1.29 is 4.39 Å². The summed E-state index contributed by atoms with van der Waals surface area (Å²) >= 11 is 0. The smallest absolute Gasteiger partial charge is 0.152 e. The lowest BCUT2D eigenvalue weighted by molar-refractivity contribution is 0.648. The van der Waals surface area contributed by atoms with Gasteiger partial charge >= 0.3 is 0 Å². The first-order valence-electron chi connectivity index (χ1n) is 3.91. The number of hydrogen-bond donors (Lipinski definition) is 0. The molecule has 66 valence electrons. The van der Waals surface area contributed by atoms with Crippen molar-refractivity contribution >= 4 is 0 Å². The van der Waals surface area contributed by atoms with Gasteiger partial charge in [-0.05, 0) is 23.7 Å². The van der Waals surface area contributed by atoms with Crippen molar-refractivity contribution in [2.24, 2.45) is 5.18 Å². The minimum atomic E-state index is -0.566. The number of halogens is 1. The average Bonchev–Trinajstić information content (AvgIpc) is 2.33. The summed E-state index contributed by atoms with van der Waals surface area (Å²) in [6, 6.07) is 0. The van der Waals surface area contributed by atoms with Crippen LogP contribution in [0, 0.1) is 4.91 Å². The van der Waals surface area contributed by atoms with Crippen LogP contribution in [0.1, 0.15) is 20.3 Å². The molecular formula is C9H12FNO. The lowest BCUT2D eigenvalue weighted by Gasteiger charge is -1.87. The predicted octanol–water partition coefficient (Wildman–Crippen LogP) is 3.48. The van der Waals surface area contributed by atoms with Gasteiger partial charge in [0.1, 0.15) is 5.70 Å². The van der Waals surface area contributed by atoms with Gasteiger partial charge in [0, 0.05) is 0 Å². The third-order valence-electron chi connectivity index (χ3n) is 1.17. The highest BCUT2D eigenvalue weighted by Gasteiger charge is 2.03. The van der Waals surface area contributed by atoms with Crippen LogP contribution in [0.15, 0.2) is 41.0 Å². The highest BCUT2D eigenvalue weighted by Crippen LogP contribution is 2.16. The molecule has 0 aromatic rings. The summed E-state index contributed by atoms with van der Waals surface area (Å²) in [7, 11) is 0. The van der Waals surface area contributed by atoms with E-state index in [-0.39, 0.29) is 5.70 Å². The molecule has 0 N–H and O–H groups in total. The second kappa shape index (κ2) is 6.46. The second-order valence-electron chi connectivity index (χ2n) is 1.86. The number of allylic oxidation sites excluding steroid dienone is 5. The number of nitroso groups, excluding NO2 is 1. The van der Waals surface area contributed by atoms with E-state index in [1.54, 1.807) is 12.2 Å². The van der Waals surface area contributed by atoms with Crippen LogP contribution < -0.4 is 0 Å². The maximum absolute atomic E-state index is 12.6. The van der Waals surface area contributed by atoms with Crippen LogP contribution in [0.5, 0.6) is 0 Å². The zero-order valence-corrected chi connectivity index (χ0v) is 7.25. The van der Waals surface area contributed by atoms with E-state index in [2.05, 4.69) is 5.18 Å². The molecule has 0 bridgehead atoms. The standard InChI is InChI=1S/C7H6FNO.C2H6/c8-6-4-2-1-3-5-7(6)9-10;1-2/h1-2,4-5H,3H2;1-2H3. The lowest BCUT2D eigenvalue weighted by Crippen LogP contribution is -1.75. The van der Waals surface area contributed by atoms with Gasteiger partial charge in [0.25, 0.3) is 0 Å². The Morgan fingerprint density at radius 3 is 2.75 bits per heavy atom. The molecule has 0 unspecified atom stereocenters. The molecule has 0 saturated heterocycles. The normalized spacial score (nSPS) is 14.9. The van der Waals surface area contributed by atoms with Crippen LogP contribution in [0.25, 0.3) is 0 Å². The SMILES string of the molecule is CC.O=NC1=CCC=CC=C1F. The third-order valence-corrected chi connectivity index (χ3v) is 1.17. The summed E-state index contributed by atoms with van der Waals surface area (Å²) in [5.41, 5.74) is -0.106. The van der Waals surface area contributed by atoms with Gasteiger partial charge < -0.3 is 0 Å². The van der Waals surface area contributed by atoms with E-state index < -0.39 is 5.83 Å². The second-order valence-corrected chi connectivity index (χ2v) is 1.86. The molecule has 0 saturated carbocycles. The average molecular weight is 169 g/mol. The summed E-state index contributed by atoms with van der Waals surface area (Å²) in [5.74, 6) is -0.566. The minimum Gasteiger partial charge on any atom is -0.204 e. The summed E-state index contributed by atoms with van der Waals surface area (Å²) in [6.07, 6.45) is 6.54. The minimum absolute atomic E-state index is 0.106. The molecule has 0 heterocycles. The van der Waals surface area contributed by atoms with Crippen molar-refractivity contribution in [3.05, 3.63) is 40.7 Å². The van der Waals surface area contributed by atoms with E-state index in [0.717, 1.165) is 0 Å². The molecule has 12 heavy (non-hydrogen) atoms. The van der Waals surface area contributed by atoms with Crippen molar-refractivity contribution in [2.45, 2.75) is 20.3 Å². The van der Waals surface area contributed by atoms with Gasteiger partial charge in [0.05, 0.1) is 0 Å². The number of hydrogen-bond acceptors (Lipinski definition) is 2. The van der Waals surface area contributed by atoms with Crippen molar-refractivity contribution in [1.82, 2.24) is 0 Å². The maximum atomic E-state index is 12.6. The fourth-order valence-corrected chi connectivity index (χ4v) is 0.675. The Balaban J connectivity index is 0.000000561. The van der Waals surface area contributed by atoms with E-state index in [1.807, 2.05) is 13.8 Å². The Labute approximate surface area is 71.5 Å². The quantitative estimate of drug-likeness (QED) is 0.552. The fourth-order valence-electron chi connectivity index (χ4n) is 0.675. The molecule has 3 heteroatoms. The van der Waals surface area contributed by atoms with E-state index in [1.165, 1.54) is 12.2 Å². The van der Waals surface area contributed by atoms with Gasteiger partial charge in [-0.15, -0.1) is 4.91 Å². The molecule has 0 radical (unpaired) electrons. The van der Waals surface area contributed by atoms with Crippen molar-refractivity contribution in [3.8, 4) is 0 Å². The first-order chi connectivity index (χ1) is 5.84. The third kappa shape index (κ3) is 3.23. The van der Waals surface area contributed by atoms with Crippen molar-refractivity contribution in [2.75, 3.05) is 0 Å². The molecule has 0 atom stereocenters. The predicted molar refractivity (Wildman–Crippen MR) is 48.2 cm³/mol. The summed E-state index contributed by atoms with van der Waals surface area (Å²) in [6.45, 7) is 4.00. The Morgan fingerprint density at radius 1 is 1.50 bits per heavy atom. The van der Waals surface area contributed by atoms with Crippen LogP contribution in [-0.2, 0) is 0 Å². The van der Waals surface area contributed by atoms with Gasteiger partial charge in [-0.25, -0.2) is 4.39 Å². The van der Waals surface area contributed by atoms with Crippen molar-refractivity contribution in [1.29, 1.82) is 0 Å². The Kier molecular flexibility index (Phi) is 5.79. The molecule has 0 fully saturated rings. The first-order valence-corrected chi connectivity index (χ1v) is 3.91. The van der Waals surface area contributed by atoms with Crippen LogP contribution in [0.4, 0.5) is 4.39 Å². The molecule has 0 amide bonds. The molecule has 0 aliphatic heterocycles. The summed E-state index contributed by atoms with van der Waals surface area (Å²) < 4.78 is 12.6.